The van der Waals surface area contributed by atoms with Crippen LogP contribution in [0.15, 0.2) is 35.8 Å². The van der Waals surface area contributed by atoms with Gasteiger partial charge in [-0.1, -0.05) is 12.1 Å². The van der Waals surface area contributed by atoms with Crippen molar-refractivity contribution < 1.29 is 4.74 Å². The third-order valence-corrected chi connectivity index (χ3v) is 2.98. The van der Waals surface area contributed by atoms with Crippen molar-refractivity contribution in [2.45, 2.75) is 19.6 Å². The zero-order chi connectivity index (χ0) is 11.4. The zero-order valence-corrected chi connectivity index (χ0v) is 9.91. The molecule has 2 rings (SSSR count). The number of hydrogen-bond donors (Lipinski definition) is 1. The van der Waals surface area contributed by atoms with E-state index in [-0.39, 0.29) is 6.04 Å². The maximum Gasteiger partial charge on any atom is 0.140 e. The normalized spacial score (nSPS) is 12.4. The highest BCUT2D eigenvalue weighted by Gasteiger charge is 2.02. The summed E-state index contributed by atoms with van der Waals surface area (Å²) < 4.78 is 5.63. The highest BCUT2D eigenvalue weighted by molar-refractivity contribution is 7.09. The van der Waals surface area contributed by atoms with Gasteiger partial charge in [0.15, 0.2) is 0 Å². The van der Waals surface area contributed by atoms with Crippen LogP contribution in [0, 0.1) is 0 Å². The Balaban J connectivity index is 2.01. The number of nitrogens with two attached hydrogens (primary N) is 1. The van der Waals surface area contributed by atoms with Gasteiger partial charge in [-0.05, 0) is 24.6 Å². The summed E-state index contributed by atoms with van der Waals surface area (Å²) in [5.74, 6) is 0.838. The molecule has 0 saturated carbocycles. The van der Waals surface area contributed by atoms with E-state index >= 15 is 0 Å². The molecule has 16 heavy (non-hydrogen) atoms. The fourth-order valence-electron chi connectivity index (χ4n) is 1.36. The Morgan fingerprint density at radius 2 is 2.38 bits per heavy atom. The summed E-state index contributed by atoms with van der Waals surface area (Å²) in [5.41, 5.74) is 6.89. The molecule has 1 heterocycles. The van der Waals surface area contributed by atoms with Crippen molar-refractivity contribution >= 4 is 11.3 Å². The lowest BCUT2D eigenvalue weighted by molar-refractivity contribution is 0.305. The summed E-state index contributed by atoms with van der Waals surface area (Å²) in [7, 11) is 0. The van der Waals surface area contributed by atoms with Crippen LogP contribution < -0.4 is 10.5 Å². The predicted molar refractivity (Wildman–Crippen MR) is 65.5 cm³/mol. The van der Waals surface area contributed by atoms with Crippen molar-refractivity contribution in [2.24, 2.45) is 5.73 Å². The first-order chi connectivity index (χ1) is 7.75. The van der Waals surface area contributed by atoms with E-state index in [1.54, 1.807) is 17.5 Å². The molecule has 0 aliphatic carbocycles. The molecular weight excluding hydrogens is 220 g/mol. The molecule has 1 unspecified atom stereocenters. The molecule has 0 radical (unpaired) electrons. The third-order valence-electron chi connectivity index (χ3n) is 2.23. The van der Waals surface area contributed by atoms with Gasteiger partial charge in [0.25, 0.3) is 0 Å². The molecule has 0 aliphatic rings. The van der Waals surface area contributed by atoms with Gasteiger partial charge in [-0.15, -0.1) is 11.3 Å². The molecule has 1 atom stereocenters. The van der Waals surface area contributed by atoms with Gasteiger partial charge in [0.2, 0.25) is 0 Å². The Kier molecular flexibility index (Phi) is 3.54. The van der Waals surface area contributed by atoms with Crippen LogP contribution in [0.1, 0.15) is 23.5 Å². The van der Waals surface area contributed by atoms with Crippen LogP contribution in [-0.2, 0) is 6.61 Å². The van der Waals surface area contributed by atoms with Crippen molar-refractivity contribution in [3.63, 3.8) is 0 Å². The highest BCUT2D eigenvalue weighted by Crippen LogP contribution is 2.19. The SMILES string of the molecule is CC(N)c1cccc(OCc2nccs2)c1. The van der Waals surface area contributed by atoms with Gasteiger partial charge < -0.3 is 10.5 Å². The summed E-state index contributed by atoms with van der Waals surface area (Å²) in [6.45, 7) is 2.47. The molecule has 0 spiro atoms. The molecule has 1 aromatic heterocycles. The van der Waals surface area contributed by atoms with E-state index in [4.69, 9.17) is 10.5 Å². The quantitative estimate of drug-likeness (QED) is 0.884. The van der Waals surface area contributed by atoms with Crippen LogP contribution in [0.4, 0.5) is 0 Å². The van der Waals surface area contributed by atoms with Crippen molar-refractivity contribution in [3.8, 4) is 5.75 Å². The Morgan fingerprint density at radius 1 is 1.50 bits per heavy atom. The fraction of sp³-hybridized carbons (Fsp3) is 0.250. The number of nitrogens with zero attached hydrogens (tertiary/aromatic N) is 1. The molecule has 4 heteroatoms. The second kappa shape index (κ2) is 5.09. The third kappa shape index (κ3) is 2.81. The average Bonchev–Trinajstić information content (AvgIpc) is 2.79. The summed E-state index contributed by atoms with van der Waals surface area (Å²) in [6.07, 6.45) is 1.78. The van der Waals surface area contributed by atoms with Crippen LogP contribution >= 0.6 is 11.3 Å². The molecule has 3 nitrogen and oxygen atoms in total. The van der Waals surface area contributed by atoms with Crippen LogP contribution in [0.25, 0.3) is 0 Å². The van der Waals surface area contributed by atoms with Crippen LogP contribution in [-0.4, -0.2) is 4.98 Å². The fourth-order valence-corrected chi connectivity index (χ4v) is 1.88. The molecule has 2 N–H and O–H groups in total. The lowest BCUT2D eigenvalue weighted by Crippen LogP contribution is -2.05. The van der Waals surface area contributed by atoms with Crippen LogP contribution in [0.2, 0.25) is 0 Å². The Hall–Kier alpha value is -1.39. The monoisotopic (exact) mass is 234 g/mol. The molecular formula is C12H14N2OS. The van der Waals surface area contributed by atoms with E-state index in [1.807, 2.05) is 36.6 Å². The molecule has 0 amide bonds. The maximum absolute atomic E-state index is 5.81. The lowest BCUT2D eigenvalue weighted by atomic mass is 10.1. The number of ether oxygens (including phenoxy) is 1. The van der Waals surface area contributed by atoms with Crippen LogP contribution in [0.5, 0.6) is 5.75 Å². The van der Waals surface area contributed by atoms with Gasteiger partial charge in [-0.3, -0.25) is 0 Å². The molecule has 84 valence electrons. The predicted octanol–water partition coefficient (Wildman–Crippen LogP) is 2.74. The van der Waals surface area contributed by atoms with Crippen molar-refractivity contribution in [1.82, 2.24) is 4.98 Å². The summed E-state index contributed by atoms with van der Waals surface area (Å²) in [4.78, 5) is 4.16. The number of rotatable bonds is 4. The summed E-state index contributed by atoms with van der Waals surface area (Å²) in [6, 6.07) is 7.89. The molecule has 2 aromatic rings. The summed E-state index contributed by atoms with van der Waals surface area (Å²) in [5, 5.41) is 2.92. The van der Waals surface area contributed by atoms with E-state index in [2.05, 4.69) is 4.98 Å². The zero-order valence-electron chi connectivity index (χ0n) is 9.09. The Morgan fingerprint density at radius 3 is 3.06 bits per heavy atom. The average molecular weight is 234 g/mol. The standard InChI is InChI=1S/C12H14N2OS/c1-9(13)10-3-2-4-11(7-10)15-8-12-14-5-6-16-12/h2-7,9H,8,13H2,1H3. The Labute approximate surface area is 98.9 Å². The first-order valence-corrected chi connectivity index (χ1v) is 6.00. The first-order valence-electron chi connectivity index (χ1n) is 5.12. The van der Waals surface area contributed by atoms with Crippen molar-refractivity contribution in [3.05, 3.63) is 46.4 Å². The van der Waals surface area contributed by atoms with E-state index < -0.39 is 0 Å². The topological polar surface area (TPSA) is 48.1 Å². The highest BCUT2D eigenvalue weighted by atomic mass is 32.1. The van der Waals surface area contributed by atoms with Gasteiger partial charge in [0.1, 0.15) is 17.4 Å². The van der Waals surface area contributed by atoms with E-state index in [1.165, 1.54) is 0 Å². The molecule has 0 saturated heterocycles. The molecule has 1 aromatic carbocycles. The first kappa shape index (κ1) is 11.1. The van der Waals surface area contributed by atoms with Crippen molar-refractivity contribution in [1.29, 1.82) is 0 Å². The minimum Gasteiger partial charge on any atom is -0.486 e. The number of thiazole rings is 1. The number of hydrogen-bond acceptors (Lipinski definition) is 4. The maximum atomic E-state index is 5.81. The van der Waals surface area contributed by atoms with E-state index in [9.17, 15) is 0 Å². The number of benzene rings is 1. The lowest BCUT2D eigenvalue weighted by Gasteiger charge is -2.08. The van der Waals surface area contributed by atoms with E-state index in [0.29, 0.717) is 6.61 Å². The van der Waals surface area contributed by atoms with Gasteiger partial charge in [-0.2, -0.15) is 0 Å². The smallest absolute Gasteiger partial charge is 0.140 e. The Bertz CT molecular complexity index is 440. The minimum atomic E-state index is 0.0309. The second-order valence-corrected chi connectivity index (χ2v) is 4.55. The van der Waals surface area contributed by atoms with Gasteiger partial charge in [0, 0.05) is 17.6 Å². The second-order valence-electron chi connectivity index (χ2n) is 3.58. The van der Waals surface area contributed by atoms with Gasteiger partial charge in [0.05, 0.1) is 0 Å². The van der Waals surface area contributed by atoms with Gasteiger partial charge in [-0.25, -0.2) is 4.98 Å². The molecule has 0 fully saturated rings. The van der Waals surface area contributed by atoms with E-state index in [0.717, 1.165) is 16.3 Å². The number of aromatic nitrogens is 1. The molecule has 0 aliphatic heterocycles. The van der Waals surface area contributed by atoms with Crippen molar-refractivity contribution in [2.75, 3.05) is 0 Å². The summed E-state index contributed by atoms with van der Waals surface area (Å²) >= 11 is 1.59. The molecule has 0 bridgehead atoms. The van der Waals surface area contributed by atoms with Crippen LogP contribution in [0.3, 0.4) is 0 Å². The minimum absolute atomic E-state index is 0.0309. The van der Waals surface area contributed by atoms with Gasteiger partial charge >= 0.3 is 0 Å². The largest absolute Gasteiger partial charge is 0.486 e.